The monoisotopic (exact) mass is 315 g/mol. The molecule has 2 aromatic heterocycles. The summed E-state index contributed by atoms with van der Waals surface area (Å²) in [6.07, 6.45) is 8.37. The largest absolute Gasteiger partial charge is 0.481 e. The van der Waals surface area contributed by atoms with Crippen LogP contribution in [0.15, 0.2) is 18.3 Å². The smallest absolute Gasteiger partial charge is 0.309 e. The van der Waals surface area contributed by atoms with Crippen LogP contribution in [0.3, 0.4) is 0 Å². The first kappa shape index (κ1) is 16.0. The number of fused-ring (bicyclic) bond motifs is 1. The molecule has 5 heteroatoms. The molecule has 1 aliphatic rings. The van der Waals surface area contributed by atoms with Gasteiger partial charge in [0.1, 0.15) is 5.65 Å². The molecule has 3 rings (SSSR count). The Morgan fingerprint density at radius 3 is 2.83 bits per heavy atom. The molecular weight excluding hydrogens is 290 g/mol. The van der Waals surface area contributed by atoms with E-state index in [0.717, 1.165) is 23.4 Å². The molecule has 0 aromatic carbocycles. The van der Waals surface area contributed by atoms with Crippen molar-refractivity contribution in [1.29, 1.82) is 0 Å². The summed E-state index contributed by atoms with van der Waals surface area (Å²) in [4.78, 5) is 18.2. The van der Waals surface area contributed by atoms with Crippen LogP contribution >= 0.6 is 0 Å². The molecule has 0 atom stereocenters. The van der Waals surface area contributed by atoms with E-state index in [9.17, 15) is 9.90 Å². The number of carboxylic acids is 1. The Hall–Kier alpha value is -1.88. The average molecular weight is 315 g/mol. The first-order chi connectivity index (χ1) is 11.1. The minimum Gasteiger partial charge on any atom is -0.481 e. The number of hydrogen-bond donors (Lipinski definition) is 1. The maximum atomic E-state index is 11.2. The van der Waals surface area contributed by atoms with Gasteiger partial charge in [0.25, 0.3) is 0 Å². The van der Waals surface area contributed by atoms with Crippen molar-refractivity contribution < 1.29 is 9.90 Å². The van der Waals surface area contributed by atoms with E-state index in [-0.39, 0.29) is 6.42 Å². The number of carboxylic acid groups (broad SMARTS) is 1. The second kappa shape index (κ2) is 6.71. The van der Waals surface area contributed by atoms with Gasteiger partial charge in [0.2, 0.25) is 0 Å². The fourth-order valence-electron chi connectivity index (χ4n) is 3.64. The molecule has 23 heavy (non-hydrogen) atoms. The third-order valence-electron chi connectivity index (χ3n) is 4.94. The lowest BCUT2D eigenvalue weighted by Crippen LogP contribution is -2.33. The summed E-state index contributed by atoms with van der Waals surface area (Å²) in [6.45, 7) is 2.76. The van der Waals surface area contributed by atoms with Crippen molar-refractivity contribution in [1.82, 2.24) is 14.3 Å². The van der Waals surface area contributed by atoms with Crippen LogP contribution < -0.4 is 0 Å². The molecule has 5 nitrogen and oxygen atoms in total. The zero-order valence-corrected chi connectivity index (χ0v) is 14.0. The quantitative estimate of drug-likeness (QED) is 0.921. The molecule has 0 unspecified atom stereocenters. The summed E-state index contributed by atoms with van der Waals surface area (Å²) < 4.78 is 2.06. The number of pyridine rings is 1. The molecular formula is C18H25N3O2. The van der Waals surface area contributed by atoms with Gasteiger partial charge in [-0.15, -0.1) is 0 Å². The summed E-state index contributed by atoms with van der Waals surface area (Å²) in [5.41, 5.74) is 3.65. The molecule has 1 aliphatic carbocycles. The van der Waals surface area contributed by atoms with Crippen LogP contribution in [-0.2, 0) is 17.8 Å². The van der Waals surface area contributed by atoms with Gasteiger partial charge in [-0.3, -0.25) is 9.69 Å². The van der Waals surface area contributed by atoms with Gasteiger partial charge in [0.15, 0.2) is 0 Å². The zero-order chi connectivity index (χ0) is 16.4. The number of carbonyl (C=O) groups is 1. The molecule has 2 aromatic rings. The predicted octanol–water partition coefficient (Wildman–Crippen LogP) is 3.03. The topological polar surface area (TPSA) is 57.8 Å². The van der Waals surface area contributed by atoms with Crippen LogP contribution in [0.5, 0.6) is 0 Å². The Morgan fingerprint density at radius 1 is 1.39 bits per heavy atom. The molecule has 0 radical (unpaired) electrons. The highest BCUT2D eigenvalue weighted by Crippen LogP contribution is 2.24. The Kier molecular flexibility index (Phi) is 4.66. The minimum atomic E-state index is -0.826. The van der Waals surface area contributed by atoms with Gasteiger partial charge in [-0.1, -0.05) is 25.3 Å². The first-order valence-corrected chi connectivity index (χ1v) is 8.43. The van der Waals surface area contributed by atoms with E-state index >= 15 is 0 Å². The first-order valence-electron chi connectivity index (χ1n) is 8.43. The van der Waals surface area contributed by atoms with Crippen molar-refractivity contribution >= 4 is 11.6 Å². The number of aryl methyl sites for hydroxylation is 1. The standard InChI is InChI=1S/C18H25N3O2/c1-13-7-6-10-21-16(15(11-17(22)23)19-18(13)21)12-20(2)14-8-4-3-5-9-14/h6-7,10,14H,3-5,8-9,11-12H2,1-2H3,(H,22,23). The highest BCUT2D eigenvalue weighted by atomic mass is 16.4. The average Bonchev–Trinajstić information content (AvgIpc) is 2.87. The molecule has 0 bridgehead atoms. The minimum absolute atomic E-state index is 0.0189. The van der Waals surface area contributed by atoms with Crippen molar-refractivity contribution in [3.05, 3.63) is 35.3 Å². The third kappa shape index (κ3) is 3.39. The van der Waals surface area contributed by atoms with E-state index in [2.05, 4.69) is 21.3 Å². The van der Waals surface area contributed by atoms with Gasteiger partial charge in [-0.05, 0) is 38.4 Å². The number of nitrogens with zero attached hydrogens (tertiary/aromatic N) is 3. The van der Waals surface area contributed by atoms with E-state index in [1.54, 1.807) is 0 Å². The van der Waals surface area contributed by atoms with Crippen LogP contribution in [0.1, 0.15) is 49.1 Å². The van der Waals surface area contributed by atoms with Crippen molar-refractivity contribution in [2.75, 3.05) is 7.05 Å². The summed E-state index contributed by atoms with van der Waals surface area (Å²) in [6, 6.07) is 4.61. The van der Waals surface area contributed by atoms with Crippen LogP contribution in [-0.4, -0.2) is 38.4 Å². The number of imidazole rings is 1. The second-order valence-electron chi connectivity index (χ2n) is 6.67. The number of aromatic nitrogens is 2. The molecule has 0 aliphatic heterocycles. The van der Waals surface area contributed by atoms with Gasteiger partial charge in [0.05, 0.1) is 17.8 Å². The predicted molar refractivity (Wildman–Crippen MR) is 89.6 cm³/mol. The summed E-state index contributed by atoms with van der Waals surface area (Å²) in [7, 11) is 2.15. The van der Waals surface area contributed by atoms with Crippen molar-refractivity contribution in [3.63, 3.8) is 0 Å². The van der Waals surface area contributed by atoms with Crippen molar-refractivity contribution in [3.8, 4) is 0 Å². The summed E-state index contributed by atoms with van der Waals surface area (Å²) in [5, 5.41) is 9.21. The highest BCUT2D eigenvalue weighted by Gasteiger charge is 2.22. The Morgan fingerprint density at radius 2 is 2.13 bits per heavy atom. The van der Waals surface area contributed by atoms with Crippen molar-refractivity contribution in [2.24, 2.45) is 0 Å². The lowest BCUT2D eigenvalue weighted by molar-refractivity contribution is -0.136. The second-order valence-corrected chi connectivity index (χ2v) is 6.67. The van der Waals surface area contributed by atoms with Gasteiger partial charge in [-0.2, -0.15) is 0 Å². The highest BCUT2D eigenvalue weighted by molar-refractivity contribution is 5.70. The van der Waals surface area contributed by atoms with E-state index < -0.39 is 5.97 Å². The molecule has 1 fully saturated rings. The SMILES string of the molecule is Cc1cccn2c(CN(C)C3CCCCC3)c(CC(=O)O)nc12. The van der Waals surface area contributed by atoms with Gasteiger partial charge < -0.3 is 9.51 Å². The molecule has 1 N–H and O–H groups in total. The van der Waals surface area contributed by atoms with Gasteiger partial charge in [0, 0.05) is 18.8 Å². The van der Waals surface area contributed by atoms with Crippen LogP contribution in [0, 0.1) is 6.92 Å². The lowest BCUT2D eigenvalue weighted by atomic mass is 9.94. The Balaban J connectivity index is 1.93. The van der Waals surface area contributed by atoms with Crippen LogP contribution in [0.25, 0.3) is 5.65 Å². The molecule has 0 saturated heterocycles. The maximum Gasteiger partial charge on any atom is 0.309 e. The molecule has 0 spiro atoms. The fourth-order valence-corrected chi connectivity index (χ4v) is 3.64. The van der Waals surface area contributed by atoms with Crippen LogP contribution in [0.4, 0.5) is 0 Å². The maximum absolute atomic E-state index is 11.2. The lowest BCUT2D eigenvalue weighted by Gasteiger charge is -2.31. The molecule has 2 heterocycles. The van der Waals surface area contributed by atoms with E-state index in [1.807, 2.05) is 25.3 Å². The van der Waals surface area contributed by atoms with Crippen LogP contribution in [0.2, 0.25) is 0 Å². The van der Waals surface area contributed by atoms with Gasteiger partial charge in [-0.25, -0.2) is 4.98 Å². The van der Waals surface area contributed by atoms with Crippen molar-refractivity contribution in [2.45, 2.75) is 58.0 Å². The molecule has 1 saturated carbocycles. The van der Waals surface area contributed by atoms with E-state index in [1.165, 1.54) is 32.1 Å². The Bertz CT molecular complexity index is 702. The van der Waals surface area contributed by atoms with E-state index in [4.69, 9.17) is 0 Å². The third-order valence-corrected chi connectivity index (χ3v) is 4.94. The number of hydrogen-bond acceptors (Lipinski definition) is 3. The van der Waals surface area contributed by atoms with E-state index in [0.29, 0.717) is 11.7 Å². The summed E-state index contributed by atoms with van der Waals surface area (Å²) in [5.74, 6) is -0.826. The molecule has 124 valence electrons. The fraction of sp³-hybridized carbons (Fsp3) is 0.556. The number of aliphatic carboxylic acids is 1. The normalized spacial score (nSPS) is 16.3. The van der Waals surface area contributed by atoms with Gasteiger partial charge >= 0.3 is 5.97 Å². The Labute approximate surface area is 136 Å². The summed E-state index contributed by atoms with van der Waals surface area (Å²) >= 11 is 0. The molecule has 0 amide bonds. The number of rotatable bonds is 5. The zero-order valence-electron chi connectivity index (χ0n) is 14.0.